The molecule has 1 N–H and O–H groups in total. The summed E-state index contributed by atoms with van der Waals surface area (Å²) in [5, 5.41) is 3.58. The number of aryl methyl sites for hydroxylation is 1. The number of hydrogen-bond donors (Lipinski definition) is 1. The Morgan fingerprint density at radius 2 is 2.11 bits per heavy atom. The predicted octanol–water partition coefficient (Wildman–Crippen LogP) is 4.54. The fourth-order valence-corrected chi connectivity index (χ4v) is 6.64. The van der Waals surface area contributed by atoms with Gasteiger partial charge in [-0.05, 0) is 49.6 Å². The summed E-state index contributed by atoms with van der Waals surface area (Å²) in [5.41, 5.74) is 3.22. The number of pyridine rings is 1. The Morgan fingerprint density at radius 3 is 2.89 bits per heavy atom. The fourth-order valence-electron chi connectivity index (χ4n) is 5.24. The topological polar surface area (TPSA) is 74.8 Å². The molecule has 3 aliphatic rings. The maximum absolute atomic E-state index is 14.3. The summed E-state index contributed by atoms with van der Waals surface area (Å²) in [4.78, 5) is 34.0. The Bertz CT molecular complexity index is 1330. The number of hydrogen-bond acceptors (Lipinski definition) is 6. The van der Waals surface area contributed by atoms with E-state index in [9.17, 15) is 14.0 Å². The van der Waals surface area contributed by atoms with Crippen LogP contribution >= 0.6 is 22.9 Å². The van der Waals surface area contributed by atoms with Gasteiger partial charge in [0.2, 0.25) is 0 Å². The van der Waals surface area contributed by atoms with Crippen LogP contribution in [0.5, 0.6) is 5.75 Å². The van der Waals surface area contributed by atoms with Crippen molar-refractivity contribution < 1.29 is 18.7 Å². The van der Waals surface area contributed by atoms with E-state index in [0.29, 0.717) is 23.9 Å². The number of rotatable bonds is 5. The van der Waals surface area contributed by atoms with Gasteiger partial charge in [-0.2, -0.15) is 0 Å². The quantitative estimate of drug-likeness (QED) is 0.506. The van der Waals surface area contributed by atoms with Crippen LogP contribution in [0.25, 0.3) is 21.3 Å². The molecule has 3 atom stereocenters. The zero-order valence-corrected chi connectivity index (χ0v) is 20.7. The number of fused-ring (bicyclic) bond motifs is 2. The van der Waals surface area contributed by atoms with E-state index in [2.05, 4.69) is 10.3 Å². The molecule has 0 bridgehead atoms. The van der Waals surface area contributed by atoms with Gasteiger partial charge in [-0.25, -0.2) is 9.18 Å². The zero-order chi connectivity index (χ0) is 24.3. The second kappa shape index (κ2) is 8.72. The molecule has 3 aromatic rings. The number of urea groups is 1. The van der Waals surface area contributed by atoms with Crippen molar-refractivity contribution in [1.82, 2.24) is 20.1 Å². The van der Waals surface area contributed by atoms with Crippen LogP contribution in [0.4, 0.5) is 9.18 Å². The summed E-state index contributed by atoms with van der Waals surface area (Å²) in [6.07, 6.45) is 1.65. The Kier molecular flexibility index (Phi) is 5.66. The van der Waals surface area contributed by atoms with Crippen molar-refractivity contribution in [3.05, 3.63) is 45.9 Å². The van der Waals surface area contributed by atoms with Gasteiger partial charge in [-0.1, -0.05) is 11.6 Å². The first-order chi connectivity index (χ1) is 16.9. The third-order valence-corrected chi connectivity index (χ3v) is 8.31. The predicted molar refractivity (Wildman–Crippen MR) is 133 cm³/mol. The van der Waals surface area contributed by atoms with Crippen LogP contribution in [0.3, 0.4) is 0 Å². The summed E-state index contributed by atoms with van der Waals surface area (Å²) >= 11 is 7.91. The summed E-state index contributed by atoms with van der Waals surface area (Å²) in [6, 6.07) is 6.92. The Hall–Kier alpha value is -2.75. The van der Waals surface area contributed by atoms with Crippen LogP contribution < -0.4 is 10.1 Å². The van der Waals surface area contributed by atoms with Gasteiger partial charge < -0.3 is 15.0 Å². The van der Waals surface area contributed by atoms with Gasteiger partial charge in [0.1, 0.15) is 17.9 Å². The number of carbonyl (C=O) groups is 2. The number of thiophene rings is 1. The molecule has 3 aliphatic heterocycles. The maximum atomic E-state index is 14.3. The molecule has 10 heteroatoms. The number of alkyl halides is 1. The first-order valence-corrected chi connectivity index (χ1v) is 12.9. The van der Waals surface area contributed by atoms with E-state index in [0.717, 1.165) is 44.6 Å². The molecule has 1 unspecified atom stereocenters. The average molecular weight is 515 g/mol. The van der Waals surface area contributed by atoms with Gasteiger partial charge >= 0.3 is 6.03 Å². The number of ether oxygens (including phenoxy) is 1. The van der Waals surface area contributed by atoms with Gasteiger partial charge in [0.05, 0.1) is 16.8 Å². The molecule has 5 heterocycles. The minimum atomic E-state index is -1.09. The van der Waals surface area contributed by atoms with Crippen LogP contribution in [0.2, 0.25) is 5.02 Å². The first kappa shape index (κ1) is 22.7. The number of aromatic nitrogens is 1. The minimum Gasteiger partial charge on any atom is -0.485 e. The third-order valence-electron chi connectivity index (χ3n) is 6.94. The van der Waals surface area contributed by atoms with Crippen molar-refractivity contribution in [2.75, 3.05) is 19.6 Å². The molecule has 2 aromatic heterocycles. The summed E-state index contributed by atoms with van der Waals surface area (Å²) < 4.78 is 21.4. The van der Waals surface area contributed by atoms with Crippen molar-refractivity contribution in [1.29, 1.82) is 0 Å². The first-order valence-electron chi connectivity index (χ1n) is 11.7. The molecule has 35 heavy (non-hydrogen) atoms. The SMILES string of the molecule is Cc1cc(Cl)cc(-c2ccnc3cc(CN4C(=O)C5CCCN5C4=O)sc23)c1O[C@@H]1CNC[C@@H]1F. The monoisotopic (exact) mass is 514 g/mol. The van der Waals surface area contributed by atoms with Crippen LogP contribution in [0, 0.1) is 6.92 Å². The molecule has 6 rings (SSSR count). The van der Waals surface area contributed by atoms with Crippen LogP contribution in [-0.2, 0) is 11.3 Å². The number of nitrogens with one attached hydrogen (secondary N) is 1. The van der Waals surface area contributed by atoms with Gasteiger partial charge in [0.15, 0.2) is 6.17 Å². The Balaban J connectivity index is 1.37. The minimum absolute atomic E-state index is 0.120. The zero-order valence-electron chi connectivity index (χ0n) is 19.1. The number of amides is 3. The molecule has 0 saturated carbocycles. The molecule has 0 radical (unpaired) electrons. The van der Waals surface area contributed by atoms with E-state index in [1.807, 2.05) is 31.2 Å². The van der Waals surface area contributed by atoms with Gasteiger partial charge in [0, 0.05) is 46.9 Å². The molecule has 182 valence electrons. The molecular weight excluding hydrogens is 491 g/mol. The average Bonchev–Trinajstić information content (AvgIpc) is 3.60. The lowest BCUT2D eigenvalue weighted by Gasteiger charge is -2.20. The number of carbonyl (C=O) groups excluding carboxylic acids is 2. The highest BCUT2D eigenvalue weighted by Crippen LogP contribution is 2.42. The number of halogens is 2. The lowest BCUT2D eigenvalue weighted by Crippen LogP contribution is -2.32. The second-order valence-corrected chi connectivity index (χ2v) is 10.8. The number of benzene rings is 1. The highest BCUT2D eigenvalue weighted by molar-refractivity contribution is 7.19. The molecule has 1 aromatic carbocycles. The molecule has 3 saturated heterocycles. The maximum Gasteiger partial charge on any atom is 0.327 e. The van der Waals surface area contributed by atoms with Crippen molar-refractivity contribution in [2.24, 2.45) is 0 Å². The molecular formula is C25H24ClFN4O3S. The van der Waals surface area contributed by atoms with E-state index in [1.165, 1.54) is 16.2 Å². The van der Waals surface area contributed by atoms with Gasteiger partial charge in [0.25, 0.3) is 5.91 Å². The van der Waals surface area contributed by atoms with Crippen molar-refractivity contribution in [3.8, 4) is 16.9 Å². The van der Waals surface area contributed by atoms with Crippen molar-refractivity contribution in [2.45, 2.75) is 44.6 Å². The van der Waals surface area contributed by atoms with Crippen LogP contribution in [-0.4, -0.2) is 64.7 Å². The highest BCUT2D eigenvalue weighted by atomic mass is 35.5. The molecule has 0 spiro atoms. The summed E-state index contributed by atoms with van der Waals surface area (Å²) in [6.45, 7) is 3.47. The van der Waals surface area contributed by atoms with Gasteiger partial charge in [-0.3, -0.25) is 14.7 Å². The summed E-state index contributed by atoms with van der Waals surface area (Å²) in [7, 11) is 0. The third kappa shape index (κ3) is 3.86. The lowest BCUT2D eigenvalue weighted by atomic mass is 10.0. The molecule has 0 aliphatic carbocycles. The molecule has 3 amide bonds. The smallest absolute Gasteiger partial charge is 0.327 e. The standard InChI is InChI=1S/C25H24ClFN4O3S/c1-13-7-14(26)8-17(22(13)34-21-11-28-10-18(21)27)16-4-5-29-19-9-15(35-23(16)19)12-31-24(32)20-3-2-6-30(20)25(31)33/h4-5,7-9,18,20-21,28H,2-3,6,10-12H2,1H3/t18-,20?,21+/m0/s1. The van der Waals surface area contributed by atoms with E-state index < -0.39 is 12.3 Å². The number of imide groups is 1. The van der Waals surface area contributed by atoms with E-state index in [-0.39, 0.29) is 31.1 Å². The van der Waals surface area contributed by atoms with Gasteiger partial charge in [-0.15, -0.1) is 11.3 Å². The lowest BCUT2D eigenvalue weighted by molar-refractivity contribution is -0.128. The highest BCUT2D eigenvalue weighted by Gasteiger charge is 2.47. The second-order valence-electron chi connectivity index (χ2n) is 9.27. The summed E-state index contributed by atoms with van der Waals surface area (Å²) in [5.74, 6) is 0.476. The Morgan fingerprint density at radius 1 is 1.26 bits per heavy atom. The van der Waals surface area contributed by atoms with Crippen LogP contribution in [0.15, 0.2) is 30.5 Å². The van der Waals surface area contributed by atoms with Crippen molar-refractivity contribution in [3.63, 3.8) is 0 Å². The normalized spacial score (nSPS) is 24.1. The number of nitrogens with zero attached hydrogens (tertiary/aromatic N) is 3. The van der Waals surface area contributed by atoms with E-state index >= 15 is 0 Å². The van der Waals surface area contributed by atoms with E-state index in [4.69, 9.17) is 16.3 Å². The molecule has 7 nitrogen and oxygen atoms in total. The van der Waals surface area contributed by atoms with E-state index in [1.54, 1.807) is 11.1 Å². The van der Waals surface area contributed by atoms with Crippen LogP contribution in [0.1, 0.15) is 23.3 Å². The molecule has 3 fully saturated rings. The fraction of sp³-hybridized carbons (Fsp3) is 0.400. The largest absolute Gasteiger partial charge is 0.485 e. The Labute approximate surface area is 210 Å². The van der Waals surface area contributed by atoms with Crippen molar-refractivity contribution >= 4 is 45.1 Å².